The van der Waals surface area contributed by atoms with Crippen LogP contribution in [0.3, 0.4) is 0 Å². The third-order valence-corrected chi connectivity index (χ3v) is 9.94. The Balaban J connectivity index is 1.49. The fourth-order valence-electron chi connectivity index (χ4n) is 8.60. The van der Waals surface area contributed by atoms with Gasteiger partial charge in [0, 0.05) is 36.0 Å². The van der Waals surface area contributed by atoms with E-state index in [9.17, 15) is 9.59 Å². The van der Waals surface area contributed by atoms with Crippen molar-refractivity contribution in [3.8, 4) is 0 Å². The summed E-state index contributed by atoms with van der Waals surface area (Å²) in [7, 11) is 0. The van der Waals surface area contributed by atoms with Crippen LogP contribution in [-0.2, 0) is 28.5 Å². The van der Waals surface area contributed by atoms with E-state index in [1.165, 1.54) is 19.4 Å². The van der Waals surface area contributed by atoms with Crippen LogP contribution >= 0.6 is 0 Å². The molecule has 3 saturated carbocycles. The minimum absolute atomic E-state index is 0.00894. The highest BCUT2D eigenvalue weighted by Crippen LogP contribution is 2.82. The topological polar surface area (TPSA) is 74.4 Å². The molecule has 0 radical (unpaired) electrons. The number of carbonyl (C=O) groups excluding carboxylic acids is 2. The Kier molecular flexibility index (Phi) is 4.32. The summed E-state index contributed by atoms with van der Waals surface area (Å²) >= 11 is 0. The molecule has 2 saturated heterocycles. The summed E-state index contributed by atoms with van der Waals surface area (Å²) in [4.78, 5) is 24.2. The van der Waals surface area contributed by atoms with Crippen molar-refractivity contribution >= 4 is 11.9 Å². The third-order valence-electron chi connectivity index (χ3n) is 9.94. The Morgan fingerprint density at radius 3 is 2.24 bits per heavy atom. The van der Waals surface area contributed by atoms with Crippen molar-refractivity contribution in [2.24, 2.45) is 22.2 Å². The Morgan fingerprint density at radius 2 is 1.64 bits per heavy atom. The van der Waals surface area contributed by atoms with Crippen LogP contribution in [0.25, 0.3) is 0 Å². The molecule has 6 nitrogen and oxygen atoms in total. The van der Waals surface area contributed by atoms with E-state index in [4.69, 9.17) is 18.9 Å². The van der Waals surface area contributed by atoms with Gasteiger partial charge in [-0.3, -0.25) is 9.59 Å². The van der Waals surface area contributed by atoms with Crippen molar-refractivity contribution in [2.45, 2.75) is 89.8 Å². The van der Waals surface area contributed by atoms with Crippen LogP contribution in [0.1, 0.15) is 65.4 Å². The van der Waals surface area contributed by atoms with Gasteiger partial charge < -0.3 is 18.9 Å². The molecule has 5 fully saturated rings. The van der Waals surface area contributed by atoms with E-state index in [1.807, 2.05) is 6.07 Å². The minimum Gasteiger partial charge on any atom is -0.462 e. The minimum atomic E-state index is -0.425. The van der Waals surface area contributed by atoms with Crippen LogP contribution in [0, 0.1) is 22.2 Å². The fraction of sp³-hybridized carbons (Fsp3) is 0.704. The summed E-state index contributed by atoms with van der Waals surface area (Å²) in [5.74, 6) is -0.123. The predicted molar refractivity (Wildman–Crippen MR) is 119 cm³/mol. The van der Waals surface area contributed by atoms with E-state index in [0.717, 1.165) is 19.3 Å². The normalized spacial score (nSPS) is 48.3. The second-order valence-corrected chi connectivity index (χ2v) is 11.9. The molecule has 2 bridgehead atoms. The van der Waals surface area contributed by atoms with E-state index in [1.54, 1.807) is 0 Å². The molecule has 6 heteroatoms. The van der Waals surface area contributed by atoms with Crippen LogP contribution in [-0.4, -0.2) is 48.6 Å². The molecule has 9 atom stereocenters. The molecule has 2 spiro atoms. The highest BCUT2D eigenvalue weighted by molar-refractivity contribution is 5.67. The second kappa shape index (κ2) is 6.60. The van der Waals surface area contributed by atoms with Gasteiger partial charge in [-0.15, -0.1) is 0 Å². The van der Waals surface area contributed by atoms with Crippen molar-refractivity contribution in [1.82, 2.24) is 0 Å². The molecule has 33 heavy (non-hydrogen) atoms. The zero-order valence-corrected chi connectivity index (χ0v) is 20.1. The van der Waals surface area contributed by atoms with Gasteiger partial charge in [-0.25, -0.2) is 0 Å². The fourth-order valence-corrected chi connectivity index (χ4v) is 8.60. The maximum atomic E-state index is 12.3. The third kappa shape index (κ3) is 2.57. The summed E-state index contributed by atoms with van der Waals surface area (Å²) in [6.07, 6.45) is 1.74. The average Bonchev–Trinajstić information content (AvgIpc) is 3.48. The van der Waals surface area contributed by atoms with Gasteiger partial charge >= 0.3 is 11.9 Å². The number of rotatable bonds is 3. The molecule has 0 aromatic heterocycles. The van der Waals surface area contributed by atoms with Crippen molar-refractivity contribution in [3.05, 3.63) is 35.9 Å². The van der Waals surface area contributed by atoms with E-state index in [-0.39, 0.29) is 64.4 Å². The lowest BCUT2D eigenvalue weighted by Crippen LogP contribution is -2.76. The first-order chi connectivity index (χ1) is 15.6. The first-order valence-corrected chi connectivity index (χ1v) is 12.2. The van der Waals surface area contributed by atoms with Gasteiger partial charge in [0.1, 0.15) is 23.9 Å². The first kappa shape index (κ1) is 21.6. The quantitative estimate of drug-likeness (QED) is 0.507. The SMILES string of the molecule is CC(=O)O[C@@H]1C[C@]2(C)[C@@]34CC(c5ccccc5)[C@@H]3[C@H](OC(C)=O)C(C)(C)C[C@H]4O[C@H]1[C@@]21CO1. The van der Waals surface area contributed by atoms with Gasteiger partial charge in [0.05, 0.1) is 12.7 Å². The maximum absolute atomic E-state index is 12.3. The molecule has 2 aliphatic heterocycles. The lowest BCUT2D eigenvalue weighted by Gasteiger charge is -2.73. The molecule has 178 valence electrons. The first-order valence-electron chi connectivity index (χ1n) is 12.2. The van der Waals surface area contributed by atoms with E-state index in [0.29, 0.717) is 6.61 Å². The van der Waals surface area contributed by atoms with E-state index >= 15 is 0 Å². The standard InChI is InChI=1S/C27H34O6/c1-15(28)31-19-12-25(5)26-11-18(17-9-7-6-8-10-17)21(26)23(32-16(2)29)24(3,4)13-20(26)33-22(19)27(25)14-30-27/h6-10,18-23H,11-14H2,1-5H3/t18?,19-,20-,21-,22-,23+,25-,26-,27+/m1/s1. The Labute approximate surface area is 195 Å². The molecule has 5 aliphatic rings. The molecule has 0 amide bonds. The summed E-state index contributed by atoms with van der Waals surface area (Å²) in [5.41, 5.74) is 0.197. The van der Waals surface area contributed by atoms with E-state index < -0.39 is 5.60 Å². The molecule has 1 aromatic rings. The van der Waals surface area contributed by atoms with Crippen molar-refractivity contribution in [3.63, 3.8) is 0 Å². The monoisotopic (exact) mass is 454 g/mol. The zero-order chi connectivity index (χ0) is 23.4. The zero-order valence-electron chi connectivity index (χ0n) is 20.1. The van der Waals surface area contributed by atoms with Crippen LogP contribution in [0.4, 0.5) is 0 Å². The van der Waals surface area contributed by atoms with Crippen molar-refractivity contribution in [2.75, 3.05) is 6.61 Å². The predicted octanol–water partition coefficient (Wildman–Crippen LogP) is 4.02. The van der Waals surface area contributed by atoms with Gasteiger partial charge in [-0.1, -0.05) is 51.1 Å². The van der Waals surface area contributed by atoms with Gasteiger partial charge in [-0.2, -0.15) is 0 Å². The summed E-state index contributed by atoms with van der Waals surface area (Å²) < 4.78 is 25.1. The molecule has 1 aromatic carbocycles. The number of carbonyl (C=O) groups is 2. The smallest absolute Gasteiger partial charge is 0.302 e. The Bertz CT molecular complexity index is 999. The molecule has 0 N–H and O–H groups in total. The van der Waals surface area contributed by atoms with Crippen LogP contribution in [0.15, 0.2) is 30.3 Å². The maximum Gasteiger partial charge on any atom is 0.302 e. The second-order valence-electron chi connectivity index (χ2n) is 11.9. The summed E-state index contributed by atoms with van der Waals surface area (Å²) in [6.45, 7) is 10.3. The number of ether oxygens (including phenoxy) is 4. The van der Waals surface area contributed by atoms with Gasteiger partial charge in [0.15, 0.2) is 0 Å². The average molecular weight is 455 g/mol. The van der Waals surface area contributed by atoms with Gasteiger partial charge in [-0.05, 0) is 30.7 Å². The Hall–Kier alpha value is -1.92. The van der Waals surface area contributed by atoms with Crippen LogP contribution in [0.2, 0.25) is 0 Å². The number of benzene rings is 1. The molecule has 2 heterocycles. The lowest BCUT2D eigenvalue weighted by atomic mass is 9.33. The van der Waals surface area contributed by atoms with Gasteiger partial charge in [0.2, 0.25) is 0 Å². The summed E-state index contributed by atoms with van der Waals surface area (Å²) in [6, 6.07) is 10.6. The van der Waals surface area contributed by atoms with Crippen molar-refractivity contribution in [1.29, 1.82) is 0 Å². The largest absolute Gasteiger partial charge is 0.462 e. The Morgan fingerprint density at radius 1 is 0.970 bits per heavy atom. The molecule has 6 rings (SSSR count). The van der Waals surface area contributed by atoms with E-state index in [2.05, 4.69) is 45.0 Å². The van der Waals surface area contributed by atoms with Crippen LogP contribution in [0.5, 0.6) is 0 Å². The molecular weight excluding hydrogens is 420 g/mol. The summed E-state index contributed by atoms with van der Waals surface area (Å²) in [5, 5.41) is 0. The van der Waals surface area contributed by atoms with Gasteiger partial charge in [0.25, 0.3) is 0 Å². The molecule has 3 aliphatic carbocycles. The van der Waals surface area contributed by atoms with Crippen LogP contribution < -0.4 is 0 Å². The number of hydrogen-bond donors (Lipinski definition) is 0. The molecular formula is C27H34O6. The lowest BCUT2D eigenvalue weighted by molar-refractivity contribution is -0.328. The molecule has 1 unspecified atom stereocenters. The number of esters is 2. The highest BCUT2D eigenvalue weighted by Gasteiger charge is 2.87. The highest BCUT2D eigenvalue weighted by atomic mass is 16.7. The number of hydrogen-bond acceptors (Lipinski definition) is 6. The van der Waals surface area contributed by atoms with Crippen molar-refractivity contribution < 1.29 is 28.5 Å². The number of epoxide rings is 1.